The minimum Gasteiger partial charge on any atom is -0.352 e. The lowest BCUT2D eigenvalue weighted by Crippen LogP contribution is -2.33. The van der Waals surface area contributed by atoms with Crippen molar-refractivity contribution < 1.29 is 4.79 Å². The van der Waals surface area contributed by atoms with Gasteiger partial charge in [0.05, 0.1) is 6.20 Å². The van der Waals surface area contributed by atoms with Crippen LogP contribution in [0.15, 0.2) is 12.4 Å². The Morgan fingerprint density at radius 2 is 2.22 bits per heavy atom. The molecular formula is C13H24N4O. The molecule has 102 valence electrons. The Bertz CT molecular complexity index is 392. The predicted molar refractivity (Wildman–Crippen MR) is 71.7 cm³/mol. The molecule has 0 aliphatic heterocycles. The molecule has 1 rings (SSSR count). The number of carbonyl (C=O) groups excluding carboxylic acids is 1. The zero-order chi connectivity index (χ0) is 13.8. The minimum absolute atomic E-state index is 0.00407. The summed E-state index contributed by atoms with van der Waals surface area (Å²) in [6.45, 7) is 6.89. The van der Waals surface area contributed by atoms with Crippen LogP contribution in [0.4, 0.5) is 0 Å². The van der Waals surface area contributed by atoms with E-state index in [1.165, 1.54) is 0 Å². The van der Waals surface area contributed by atoms with Gasteiger partial charge in [0.1, 0.15) is 0 Å². The first kappa shape index (κ1) is 14.7. The first-order valence-corrected chi connectivity index (χ1v) is 6.26. The molecule has 3 N–H and O–H groups in total. The van der Waals surface area contributed by atoms with Crippen molar-refractivity contribution in [2.45, 2.75) is 46.2 Å². The van der Waals surface area contributed by atoms with Gasteiger partial charge in [-0.2, -0.15) is 5.10 Å². The van der Waals surface area contributed by atoms with Crippen LogP contribution in [0.25, 0.3) is 0 Å². The van der Waals surface area contributed by atoms with E-state index in [0.717, 1.165) is 12.0 Å². The lowest BCUT2D eigenvalue weighted by Gasteiger charge is -2.22. The van der Waals surface area contributed by atoms with Crippen molar-refractivity contribution in [3.05, 3.63) is 18.0 Å². The summed E-state index contributed by atoms with van der Waals surface area (Å²) in [5.74, 6) is -0.00407. The van der Waals surface area contributed by atoms with Crippen LogP contribution in [-0.4, -0.2) is 21.7 Å². The third-order valence-corrected chi connectivity index (χ3v) is 2.57. The van der Waals surface area contributed by atoms with E-state index in [4.69, 9.17) is 5.73 Å². The third-order valence-electron chi connectivity index (χ3n) is 2.57. The summed E-state index contributed by atoms with van der Waals surface area (Å²) in [7, 11) is 1.85. The molecule has 0 aliphatic rings. The Morgan fingerprint density at radius 3 is 2.72 bits per heavy atom. The Balaban J connectivity index is 2.29. The molecule has 1 aromatic heterocycles. The second-order valence-electron chi connectivity index (χ2n) is 6.03. The molecule has 5 nitrogen and oxygen atoms in total. The molecule has 1 aromatic rings. The van der Waals surface area contributed by atoms with Crippen molar-refractivity contribution in [1.82, 2.24) is 15.1 Å². The molecule has 0 bridgehead atoms. The van der Waals surface area contributed by atoms with Gasteiger partial charge >= 0.3 is 0 Å². The largest absolute Gasteiger partial charge is 0.352 e. The first-order valence-electron chi connectivity index (χ1n) is 6.26. The van der Waals surface area contributed by atoms with Crippen molar-refractivity contribution in [1.29, 1.82) is 0 Å². The van der Waals surface area contributed by atoms with Gasteiger partial charge in [-0.05, 0) is 11.8 Å². The fourth-order valence-electron chi connectivity index (χ4n) is 1.93. The van der Waals surface area contributed by atoms with Crippen molar-refractivity contribution in [3.8, 4) is 0 Å². The average molecular weight is 252 g/mol. The fraction of sp³-hybridized carbons (Fsp3) is 0.692. The van der Waals surface area contributed by atoms with Crippen molar-refractivity contribution in [2.24, 2.45) is 18.2 Å². The highest BCUT2D eigenvalue weighted by atomic mass is 16.1. The van der Waals surface area contributed by atoms with Crippen LogP contribution < -0.4 is 11.1 Å². The molecule has 1 amide bonds. The van der Waals surface area contributed by atoms with Gasteiger partial charge in [0, 0.05) is 37.8 Å². The number of nitrogens with zero attached hydrogens (tertiary/aromatic N) is 2. The summed E-state index contributed by atoms with van der Waals surface area (Å²) < 4.78 is 1.72. The Morgan fingerprint density at radius 1 is 1.56 bits per heavy atom. The number of nitrogens with two attached hydrogens (primary N) is 1. The lowest BCUT2D eigenvalue weighted by atomic mass is 9.87. The van der Waals surface area contributed by atoms with Crippen LogP contribution in [0, 0.1) is 5.41 Å². The van der Waals surface area contributed by atoms with Crippen LogP contribution in [0.3, 0.4) is 0 Å². The van der Waals surface area contributed by atoms with Gasteiger partial charge in [0.2, 0.25) is 5.91 Å². The summed E-state index contributed by atoms with van der Waals surface area (Å²) in [5.41, 5.74) is 7.11. The van der Waals surface area contributed by atoms with Gasteiger partial charge in [-0.1, -0.05) is 20.8 Å². The number of hydrogen-bond acceptors (Lipinski definition) is 3. The second-order valence-corrected chi connectivity index (χ2v) is 6.03. The Labute approximate surface area is 109 Å². The lowest BCUT2D eigenvalue weighted by molar-refractivity contribution is -0.121. The number of aromatic nitrogens is 2. The molecule has 0 radical (unpaired) electrons. The minimum atomic E-state index is -0.0844. The highest BCUT2D eigenvalue weighted by Crippen LogP contribution is 2.20. The monoisotopic (exact) mass is 252 g/mol. The van der Waals surface area contributed by atoms with Crippen LogP contribution in [0.1, 0.15) is 39.2 Å². The number of aryl methyl sites for hydroxylation is 1. The molecule has 0 fully saturated rings. The normalized spacial score (nSPS) is 13.4. The maximum absolute atomic E-state index is 11.7. The van der Waals surface area contributed by atoms with Crippen molar-refractivity contribution in [2.75, 3.05) is 0 Å². The number of carbonyl (C=O) groups is 1. The van der Waals surface area contributed by atoms with E-state index < -0.39 is 0 Å². The fourth-order valence-corrected chi connectivity index (χ4v) is 1.93. The van der Waals surface area contributed by atoms with Gasteiger partial charge in [-0.3, -0.25) is 9.48 Å². The van der Waals surface area contributed by atoms with Gasteiger partial charge in [-0.15, -0.1) is 0 Å². The molecule has 18 heavy (non-hydrogen) atoms. The molecule has 1 heterocycles. The molecule has 1 atom stereocenters. The zero-order valence-electron chi connectivity index (χ0n) is 11.7. The third kappa shape index (κ3) is 5.82. The summed E-state index contributed by atoms with van der Waals surface area (Å²) >= 11 is 0. The molecule has 5 heteroatoms. The predicted octanol–water partition coefficient (Wildman–Crippen LogP) is 1.19. The smallest absolute Gasteiger partial charge is 0.221 e. The number of nitrogens with one attached hydrogen (secondary N) is 1. The van der Waals surface area contributed by atoms with Crippen molar-refractivity contribution >= 4 is 5.91 Å². The zero-order valence-corrected chi connectivity index (χ0v) is 11.7. The Hall–Kier alpha value is -1.36. The maximum atomic E-state index is 11.7. The number of amides is 1. The van der Waals surface area contributed by atoms with E-state index in [-0.39, 0.29) is 17.4 Å². The van der Waals surface area contributed by atoms with Gasteiger partial charge in [-0.25, -0.2) is 0 Å². The molecule has 0 aromatic carbocycles. The summed E-state index contributed by atoms with van der Waals surface area (Å²) in [4.78, 5) is 11.7. The number of rotatable bonds is 5. The van der Waals surface area contributed by atoms with E-state index in [9.17, 15) is 4.79 Å². The van der Waals surface area contributed by atoms with Crippen molar-refractivity contribution in [3.63, 3.8) is 0 Å². The number of hydrogen-bond donors (Lipinski definition) is 2. The molecule has 1 unspecified atom stereocenters. The van der Waals surface area contributed by atoms with Gasteiger partial charge in [0.25, 0.3) is 0 Å². The quantitative estimate of drug-likeness (QED) is 0.826. The highest BCUT2D eigenvalue weighted by Gasteiger charge is 2.17. The first-order chi connectivity index (χ1) is 8.26. The van der Waals surface area contributed by atoms with Crippen LogP contribution in [-0.2, 0) is 18.4 Å². The standard InChI is InChI=1S/C13H24N4O/c1-13(2,3)6-11(14)5-12(18)15-7-10-8-16-17(4)9-10/h8-9,11H,5-7,14H2,1-4H3,(H,15,18). The van der Waals surface area contributed by atoms with E-state index >= 15 is 0 Å². The molecule has 0 aliphatic carbocycles. The van der Waals surface area contributed by atoms with E-state index in [0.29, 0.717) is 13.0 Å². The Kier molecular flexibility index (Phi) is 4.90. The topological polar surface area (TPSA) is 72.9 Å². The molecule has 0 saturated carbocycles. The second kappa shape index (κ2) is 6.00. The summed E-state index contributed by atoms with van der Waals surface area (Å²) in [6.07, 6.45) is 4.84. The van der Waals surface area contributed by atoms with E-state index in [1.54, 1.807) is 10.9 Å². The highest BCUT2D eigenvalue weighted by molar-refractivity contribution is 5.76. The maximum Gasteiger partial charge on any atom is 0.221 e. The molecular weight excluding hydrogens is 228 g/mol. The van der Waals surface area contributed by atoms with Crippen LogP contribution >= 0.6 is 0 Å². The van der Waals surface area contributed by atoms with E-state index in [2.05, 4.69) is 31.2 Å². The average Bonchev–Trinajstić information content (AvgIpc) is 2.58. The SMILES string of the molecule is Cn1cc(CNC(=O)CC(N)CC(C)(C)C)cn1. The summed E-state index contributed by atoms with van der Waals surface area (Å²) in [5, 5.41) is 6.90. The molecule has 0 saturated heterocycles. The van der Waals surface area contributed by atoms with E-state index in [1.807, 2.05) is 13.2 Å². The van der Waals surface area contributed by atoms with Crippen LogP contribution in [0.2, 0.25) is 0 Å². The molecule has 0 spiro atoms. The van der Waals surface area contributed by atoms with Gasteiger partial charge in [0.15, 0.2) is 0 Å². The summed E-state index contributed by atoms with van der Waals surface area (Å²) in [6, 6.07) is -0.0844. The van der Waals surface area contributed by atoms with Crippen LogP contribution in [0.5, 0.6) is 0 Å². The van der Waals surface area contributed by atoms with Gasteiger partial charge < -0.3 is 11.1 Å².